The Kier molecular flexibility index (Phi) is 13.3. The Bertz CT molecular complexity index is 1020. The molecular weight excluding hydrogens is 532 g/mol. The molecule has 0 unspecified atom stereocenters. The van der Waals surface area contributed by atoms with E-state index in [-0.39, 0.29) is 50.3 Å². The molecule has 0 aliphatic heterocycles. The zero-order chi connectivity index (χ0) is 29.9. The molecule has 1 N–H and O–H groups in total. The van der Waals surface area contributed by atoms with Crippen molar-refractivity contribution in [1.82, 2.24) is 4.90 Å². The third kappa shape index (κ3) is 10.4. The molecule has 0 saturated carbocycles. The van der Waals surface area contributed by atoms with Crippen molar-refractivity contribution in [2.24, 2.45) is 10.8 Å². The van der Waals surface area contributed by atoms with Gasteiger partial charge in [-0.25, -0.2) is 0 Å². The SMILES string of the molecule is CC(C)(C)C1=C[C]([N-]c2cc(C(C)(C)C)cc(C(C)(C)C)c2O)C(=O)C(C(C)(C)C)=C1.CCN(CC)CC.[Cu+]. The van der Waals surface area contributed by atoms with Gasteiger partial charge in [0.1, 0.15) is 5.75 Å². The predicted molar refractivity (Wildman–Crippen MR) is 165 cm³/mol. The maximum Gasteiger partial charge on any atom is 1.00 e. The Hall–Kier alpha value is -1.55. The second-order valence-corrected chi connectivity index (χ2v) is 14.5. The van der Waals surface area contributed by atoms with Crippen LogP contribution in [0.15, 0.2) is 35.4 Å². The van der Waals surface area contributed by atoms with Crippen molar-refractivity contribution in [3.8, 4) is 5.75 Å². The zero-order valence-corrected chi connectivity index (χ0v) is 28.4. The predicted octanol–water partition coefficient (Wildman–Crippen LogP) is 9.40. The Labute approximate surface area is 251 Å². The van der Waals surface area contributed by atoms with Crippen LogP contribution in [0.5, 0.6) is 5.75 Å². The van der Waals surface area contributed by atoms with Gasteiger partial charge in [-0.05, 0) is 64.0 Å². The molecule has 1 aliphatic carbocycles. The van der Waals surface area contributed by atoms with Crippen LogP contribution in [-0.2, 0) is 32.7 Å². The number of nitrogens with zero attached hydrogens (tertiary/aromatic N) is 2. The van der Waals surface area contributed by atoms with E-state index in [0.717, 1.165) is 22.3 Å². The van der Waals surface area contributed by atoms with Gasteiger partial charge in [0.05, 0.1) is 0 Å². The van der Waals surface area contributed by atoms with E-state index in [1.807, 2.05) is 18.2 Å². The molecule has 2 rings (SSSR count). The van der Waals surface area contributed by atoms with Crippen molar-refractivity contribution in [2.75, 3.05) is 19.6 Å². The minimum atomic E-state index is -0.297. The Morgan fingerprint density at radius 2 is 1.21 bits per heavy atom. The number of carbonyl (C=O) groups excluding carboxylic acids is 1. The molecule has 225 valence electrons. The third-order valence-electron chi connectivity index (χ3n) is 7.09. The number of allylic oxidation sites excluding steroid dienone is 2. The molecule has 0 amide bonds. The van der Waals surface area contributed by atoms with E-state index in [2.05, 4.69) is 115 Å². The molecule has 1 aliphatic rings. The van der Waals surface area contributed by atoms with Crippen LogP contribution in [0, 0.1) is 16.9 Å². The largest absolute Gasteiger partial charge is 1.00 e. The molecule has 0 atom stereocenters. The molecule has 0 aromatic heterocycles. The summed E-state index contributed by atoms with van der Waals surface area (Å²) in [6.45, 7) is 35.4. The first kappa shape index (κ1) is 37.4. The molecule has 0 saturated heterocycles. The molecule has 1 aromatic carbocycles. The average Bonchev–Trinajstić information content (AvgIpc) is 2.74. The van der Waals surface area contributed by atoms with E-state index in [4.69, 9.17) is 5.32 Å². The molecule has 1 aromatic rings. The quantitative estimate of drug-likeness (QED) is 0.349. The number of rotatable bonds is 5. The van der Waals surface area contributed by atoms with E-state index in [9.17, 15) is 9.90 Å². The van der Waals surface area contributed by atoms with Crippen molar-refractivity contribution >= 4 is 11.5 Å². The summed E-state index contributed by atoms with van der Waals surface area (Å²) in [6.07, 6.45) is 3.91. The van der Waals surface area contributed by atoms with Crippen molar-refractivity contribution in [1.29, 1.82) is 0 Å². The zero-order valence-electron chi connectivity index (χ0n) is 27.5. The van der Waals surface area contributed by atoms with E-state index in [0.29, 0.717) is 11.7 Å². The number of benzene rings is 1. The normalized spacial score (nSPS) is 15.2. The summed E-state index contributed by atoms with van der Waals surface area (Å²) in [4.78, 5) is 15.8. The average molecular weight is 588 g/mol. The van der Waals surface area contributed by atoms with Gasteiger partial charge in [0, 0.05) is 5.57 Å². The van der Waals surface area contributed by atoms with Gasteiger partial charge >= 0.3 is 17.1 Å². The second-order valence-electron chi connectivity index (χ2n) is 14.5. The van der Waals surface area contributed by atoms with Gasteiger partial charge in [0.2, 0.25) is 0 Å². The molecule has 5 heteroatoms. The van der Waals surface area contributed by atoms with Gasteiger partial charge in [0.25, 0.3) is 0 Å². The van der Waals surface area contributed by atoms with E-state index in [1.165, 1.54) is 19.6 Å². The van der Waals surface area contributed by atoms with E-state index >= 15 is 0 Å². The molecule has 0 fully saturated rings. The van der Waals surface area contributed by atoms with Crippen molar-refractivity contribution < 1.29 is 27.0 Å². The first-order chi connectivity index (χ1) is 17.1. The van der Waals surface area contributed by atoms with Gasteiger partial charge in [-0.3, -0.25) is 4.79 Å². The molecule has 0 heterocycles. The van der Waals surface area contributed by atoms with Crippen molar-refractivity contribution in [3.63, 3.8) is 0 Å². The Morgan fingerprint density at radius 1 is 0.718 bits per heavy atom. The second kappa shape index (κ2) is 13.9. The standard InChI is InChI=1S/C28H41NO2.C6H15N.Cu/c1-25(2,3)17-13-19(27(7,8)9)23(30)21(15-17)29-22-16-18(26(4,5)6)14-20(24(22)31)28(10,11)12;1-4-7(5-2)6-3;/h13-16,30H,1-12H3;4-6H2,1-3H3;/q-1;;+1. The Balaban J connectivity index is 0.00000159. The topological polar surface area (TPSA) is 54.6 Å². The van der Waals surface area contributed by atoms with Gasteiger partial charge < -0.3 is 15.3 Å². The van der Waals surface area contributed by atoms with Crippen LogP contribution in [0.25, 0.3) is 5.32 Å². The van der Waals surface area contributed by atoms with Crippen LogP contribution in [-0.4, -0.2) is 35.4 Å². The van der Waals surface area contributed by atoms with Gasteiger partial charge in [-0.2, -0.15) is 0 Å². The summed E-state index contributed by atoms with van der Waals surface area (Å²) in [6, 6.07) is 4.38. The molecular formula is C34H56CuN2O2. The van der Waals surface area contributed by atoms with Crippen LogP contribution in [0.1, 0.15) is 115 Å². The number of phenols is 1. The summed E-state index contributed by atoms with van der Waals surface area (Å²) < 4.78 is 0. The summed E-state index contributed by atoms with van der Waals surface area (Å²) in [5.41, 5.74) is 3.43. The number of carbonyl (C=O) groups is 1. The van der Waals surface area contributed by atoms with Crippen LogP contribution in [0.3, 0.4) is 0 Å². The maximum atomic E-state index is 13.4. The number of phenolic OH excluding ortho intramolecular Hbond substituents is 1. The van der Waals surface area contributed by atoms with Crippen LogP contribution < -0.4 is 0 Å². The van der Waals surface area contributed by atoms with E-state index in [1.54, 1.807) is 0 Å². The van der Waals surface area contributed by atoms with E-state index < -0.39 is 0 Å². The molecule has 0 bridgehead atoms. The fraction of sp³-hybridized carbons (Fsp3) is 0.647. The van der Waals surface area contributed by atoms with Crippen molar-refractivity contribution in [2.45, 2.75) is 115 Å². The third-order valence-corrected chi connectivity index (χ3v) is 7.09. The molecule has 1 radical (unpaired) electrons. The van der Waals surface area contributed by atoms with Gasteiger partial charge in [-0.15, -0.1) is 0 Å². The van der Waals surface area contributed by atoms with Crippen LogP contribution in [0.4, 0.5) is 5.69 Å². The fourth-order valence-electron chi connectivity index (χ4n) is 4.20. The summed E-state index contributed by atoms with van der Waals surface area (Å²) in [5.74, 6) is 0.0803. The minimum absolute atomic E-state index is 0. The van der Waals surface area contributed by atoms with Gasteiger partial charge in [0.15, 0.2) is 5.78 Å². The summed E-state index contributed by atoms with van der Waals surface area (Å²) in [5, 5.41) is 15.9. The number of Topliss-reactive ketones (excluding diaryl/α,β-unsaturated/α-hetero) is 1. The number of aromatic hydroxyl groups is 1. The number of hydrogen-bond acceptors (Lipinski definition) is 3. The Morgan fingerprint density at radius 3 is 1.54 bits per heavy atom. The summed E-state index contributed by atoms with van der Waals surface area (Å²) >= 11 is 0. The first-order valence-electron chi connectivity index (χ1n) is 14.3. The number of ketones is 1. The molecule has 39 heavy (non-hydrogen) atoms. The van der Waals surface area contributed by atoms with Gasteiger partial charge in [-0.1, -0.05) is 134 Å². The van der Waals surface area contributed by atoms with Crippen molar-refractivity contribution in [3.05, 3.63) is 57.9 Å². The number of hydrogen-bond donors (Lipinski definition) is 1. The smallest absolute Gasteiger partial charge is 0.667 e. The minimum Gasteiger partial charge on any atom is -0.667 e. The monoisotopic (exact) mass is 587 g/mol. The fourth-order valence-corrected chi connectivity index (χ4v) is 4.20. The first-order valence-corrected chi connectivity index (χ1v) is 14.3. The van der Waals surface area contributed by atoms with Crippen LogP contribution >= 0.6 is 0 Å². The molecule has 0 spiro atoms. The van der Waals surface area contributed by atoms with Crippen LogP contribution in [0.2, 0.25) is 0 Å². The maximum absolute atomic E-state index is 13.4. The molecule has 4 nitrogen and oxygen atoms in total. The summed E-state index contributed by atoms with van der Waals surface area (Å²) in [7, 11) is 0.